The molecule has 0 aliphatic heterocycles. The van der Waals surface area contributed by atoms with Crippen LogP contribution in [0.5, 0.6) is 5.75 Å². The average Bonchev–Trinajstić information content (AvgIpc) is 2.52. The zero-order valence-corrected chi connectivity index (χ0v) is 11.4. The van der Waals surface area contributed by atoms with Gasteiger partial charge in [0.15, 0.2) is 0 Å². The molecule has 3 rings (SSSR count). The number of nitrogens with two attached hydrogens (primary N) is 1. The fourth-order valence-electron chi connectivity index (χ4n) is 2.31. The summed E-state index contributed by atoms with van der Waals surface area (Å²) in [6, 6.07) is 13.3. The lowest BCUT2D eigenvalue weighted by molar-refractivity contribution is 0.475. The molecule has 104 valence electrons. The van der Waals surface area contributed by atoms with Crippen molar-refractivity contribution < 1.29 is 5.11 Å². The monoisotopic (exact) mass is 277 g/mol. The van der Waals surface area contributed by atoms with E-state index in [2.05, 4.69) is 9.97 Å². The zero-order chi connectivity index (χ0) is 14.7. The van der Waals surface area contributed by atoms with E-state index in [-0.39, 0.29) is 5.75 Å². The lowest BCUT2D eigenvalue weighted by Gasteiger charge is -2.12. The molecule has 0 bridgehead atoms. The van der Waals surface area contributed by atoms with Crippen molar-refractivity contribution in [3.63, 3.8) is 0 Å². The van der Waals surface area contributed by atoms with Crippen molar-refractivity contribution in [3.8, 4) is 17.0 Å². The van der Waals surface area contributed by atoms with Crippen LogP contribution in [0.15, 0.2) is 61.1 Å². The van der Waals surface area contributed by atoms with E-state index in [1.165, 1.54) is 0 Å². The summed E-state index contributed by atoms with van der Waals surface area (Å²) in [6.45, 7) is 0. The number of benzene rings is 2. The molecule has 4 heteroatoms. The molecule has 0 unspecified atom stereocenters. The molecule has 0 amide bonds. The second kappa shape index (κ2) is 5.63. The molecule has 0 aliphatic carbocycles. The molecule has 3 aromatic rings. The SMILES string of the molecule is Nc1c(Cc2ccccc2)cc(O)cc1-c1cnccn1. The van der Waals surface area contributed by atoms with Crippen LogP contribution in [0, 0.1) is 0 Å². The first-order valence-corrected chi connectivity index (χ1v) is 6.65. The van der Waals surface area contributed by atoms with Gasteiger partial charge in [-0.1, -0.05) is 30.3 Å². The van der Waals surface area contributed by atoms with Gasteiger partial charge in [-0.05, 0) is 29.7 Å². The largest absolute Gasteiger partial charge is 0.508 e. The molecule has 0 aliphatic rings. The molecule has 21 heavy (non-hydrogen) atoms. The van der Waals surface area contributed by atoms with E-state index in [1.54, 1.807) is 30.7 Å². The number of hydrogen-bond donors (Lipinski definition) is 2. The predicted molar refractivity (Wildman–Crippen MR) is 82.8 cm³/mol. The van der Waals surface area contributed by atoms with Crippen molar-refractivity contribution in [2.24, 2.45) is 0 Å². The van der Waals surface area contributed by atoms with Crippen LogP contribution >= 0.6 is 0 Å². The van der Waals surface area contributed by atoms with Crippen LogP contribution in [-0.2, 0) is 6.42 Å². The van der Waals surface area contributed by atoms with Crippen LogP contribution in [0.25, 0.3) is 11.3 Å². The zero-order valence-electron chi connectivity index (χ0n) is 11.4. The quantitative estimate of drug-likeness (QED) is 0.570. The molecular weight excluding hydrogens is 262 g/mol. The van der Waals surface area contributed by atoms with Gasteiger partial charge in [0, 0.05) is 23.6 Å². The summed E-state index contributed by atoms with van der Waals surface area (Å²) in [5.74, 6) is 0.177. The van der Waals surface area contributed by atoms with Crippen molar-refractivity contribution in [1.29, 1.82) is 0 Å². The van der Waals surface area contributed by atoms with Gasteiger partial charge in [-0.15, -0.1) is 0 Å². The summed E-state index contributed by atoms with van der Waals surface area (Å²) in [5.41, 5.74) is 10.2. The Hall–Kier alpha value is -2.88. The third-order valence-corrected chi connectivity index (χ3v) is 3.33. The topological polar surface area (TPSA) is 72.0 Å². The first kappa shape index (κ1) is 13.1. The summed E-state index contributed by atoms with van der Waals surface area (Å²) < 4.78 is 0. The van der Waals surface area contributed by atoms with E-state index in [0.29, 0.717) is 23.4 Å². The Morgan fingerprint density at radius 3 is 2.57 bits per heavy atom. The lowest BCUT2D eigenvalue weighted by Crippen LogP contribution is -1.99. The van der Waals surface area contributed by atoms with E-state index < -0.39 is 0 Å². The normalized spacial score (nSPS) is 10.5. The van der Waals surface area contributed by atoms with E-state index in [9.17, 15) is 5.11 Å². The van der Waals surface area contributed by atoms with E-state index in [4.69, 9.17) is 5.73 Å². The maximum Gasteiger partial charge on any atom is 0.116 e. The maximum absolute atomic E-state index is 9.95. The van der Waals surface area contributed by atoms with Gasteiger partial charge in [0.1, 0.15) is 5.75 Å². The van der Waals surface area contributed by atoms with Crippen molar-refractivity contribution in [2.75, 3.05) is 5.73 Å². The van der Waals surface area contributed by atoms with Gasteiger partial charge in [0.2, 0.25) is 0 Å². The summed E-state index contributed by atoms with van der Waals surface area (Å²) in [5, 5.41) is 9.95. The molecule has 0 radical (unpaired) electrons. The highest BCUT2D eigenvalue weighted by molar-refractivity contribution is 5.77. The highest BCUT2D eigenvalue weighted by atomic mass is 16.3. The van der Waals surface area contributed by atoms with Gasteiger partial charge >= 0.3 is 0 Å². The Bertz CT molecular complexity index is 743. The third kappa shape index (κ3) is 2.84. The second-order valence-electron chi connectivity index (χ2n) is 4.82. The molecule has 4 nitrogen and oxygen atoms in total. The number of nitrogen functional groups attached to an aromatic ring is 1. The van der Waals surface area contributed by atoms with Crippen molar-refractivity contribution in [2.45, 2.75) is 6.42 Å². The Morgan fingerprint density at radius 1 is 1.05 bits per heavy atom. The summed E-state index contributed by atoms with van der Waals surface area (Å²) >= 11 is 0. The minimum atomic E-state index is 0.177. The van der Waals surface area contributed by atoms with Crippen molar-refractivity contribution in [3.05, 3.63) is 72.2 Å². The van der Waals surface area contributed by atoms with Crippen LogP contribution < -0.4 is 5.73 Å². The van der Waals surface area contributed by atoms with Gasteiger partial charge in [0.25, 0.3) is 0 Å². The van der Waals surface area contributed by atoms with Crippen LogP contribution in [0.1, 0.15) is 11.1 Å². The summed E-state index contributed by atoms with van der Waals surface area (Å²) in [4.78, 5) is 8.29. The van der Waals surface area contributed by atoms with E-state index >= 15 is 0 Å². The first-order valence-electron chi connectivity index (χ1n) is 6.65. The number of anilines is 1. The Morgan fingerprint density at radius 2 is 1.86 bits per heavy atom. The standard InChI is InChI=1S/C17H15N3O/c18-17-13(8-12-4-2-1-3-5-12)9-14(21)10-15(17)16-11-19-6-7-20-16/h1-7,9-11,21H,8,18H2. The van der Waals surface area contributed by atoms with Gasteiger partial charge in [-0.2, -0.15) is 0 Å². The fraction of sp³-hybridized carbons (Fsp3) is 0.0588. The number of hydrogen-bond acceptors (Lipinski definition) is 4. The van der Waals surface area contributed by atoms with Crippen LogP contribution in [0.2, 0.25) is 0 Å². The number of aromatic nitrogens is 2. The van der Waals surface area contributed by atoms with Crippen LogP contribution in [-0.4, -0.2) is 15.1 Å². The molecule has 1 heterocycles. The number of rotatable bonds is 3. The highest BCUT2D eigenvalue weighted by Gasteiger charge is 2.11. The number of aromatic hydroxyl groups is 1. The summed E-state index contributed by atoms with van der Waals surface area (Å²) in [6.07, 6.45) is 5.51. The van der Waals surface area contributed by atoms with E-state index in [0.717, 1.165) is 11.1 Å². The smallest absolute Gasteiger partial charge is 0.116 e. The molecule has 0 fully saturated rings. The minimum absolute atomic E-state index is 0.177. The third-order valence-electron chi connectivity index (χ3n) is 3.33. The number of nitrogens with zero attached hydrogens (tertiary/aromatic N) is 2. The molecule has 3 N–H and O–H groups in total. The minimum Gasteiger partial charge on any atom is -0.508 e. The van der Waals surface area contributed by atoms with Crippen molar-refractivity contribution in [1.82, 2.24) is 9.97 Å². The molecule has 0 atom stereocenters. The Kier molecular flexibility index (Phi) is 3.51. The van der Waals surface area contributed by atoms with Gasteiger partial charge in [0.05, 0.1) is 11.9 Å². The van der Waals surface area contributed by atoms with Gasteiger partial charge in [-0.25, -0.2) is 0 Å². The van der Waals surface area contributed by atoms with Crippen molar-refractivity contribution >= 4 is 5.69 Å². The summed E-state index contributed by atoms with van der Waals surface area (Å²) in [7, 11) is 0. The van der Waals surface area contributed by atoms with Gasteiger partial charge in [-0.3, -0.25) is 9.97 Å². The molecule has 0 spiro atoms. The molecule has 1 aromatic heterocycles. The second-order valence-corrected chi connectivity index (χ2v) is 4.82. The number of phenolic OH excluding ortho intramolecular Hbond substituents is 1. The number of phenols is 1. The van der Waals surface area contributed by atoms with Crippen LogP contribution in [0.4, 0.5) is 5.69 Å². The Labute approximate surface area is 122 Å². The lowest BCUT2D eigenvalue weighted by atomic mass is 9.98. The van der Waals surface area contributed by atoms with Crippen LogP contribution in [0.3, 0.4) is 0 Å². The molecule has 2 aromatic carbocycles. The molecule has 0 saturated carbocycles. The Balaban J connectivity index is 2.04. The fourth-order valence-corrected chi connectivity index (χ4v) is 2.31. The maximum atomic E-state index is 9.95. The molecular formula is C17H15N3O. The van der Waals surface area contributed by atoms with E-state index in [1.807, 2.05) is 30.3 Å². The first-order chi connectivity index (χ1) is 10.2. The highest BCUT2D eigenvalue weighted by Crippen LogP contribution is 2.32. The molecule has 0 saturated heterocycles. The average molecular weight is 277 g/mol. The predicted octanol–water partition coefficient (Wildman–Crippen LogP) is 3.02. The van der Waals surface area contributed by atoms with Gasteiger partial charge < -0.3 is 10.8 Å².